The first-order valence-corrected chi connectivity index (χ1v) is 8.07. The van der Waals surface area contributed by atoms with Crippen LogP contribution in [0, 0.1) is 0 Å². The van der Waals surface area contributed by atoms with E-state index in [0.29, 0.717) is 12.1 Å². The van der Waals surface area contributed by atoms with Crippen LogP contribution < -0.4 is 5.32 Å². The maximum Gasteiger partial charge on any atom is 0.251 e. The number of hydrogen-bond acceptors (Lipinski definition) is 6. The molecule has 2 heterocycles. The maximum atomic E-state index is 12.4. The number of nitrogens with one attached hydrogen (secondary N) is 1. The van der Waals surface area contributed by atoms with Gasteiger partial charge in [0.1, 0.15) is 11.3 Å². The molecule has 0 saturated heterocycles. The number of aromatic nitrogens is 5. The van der Waals surface area contributed by atoms with Crippen LogP contribution in [-0.2, 0) is 6.54 Å². The Morgan fingerprint density at radius 2 is 2.08 bits per heavy atom. The molecule has 0 bridgehead atoms. The summed E-state index contributed by atoms with van der Waals surface area (Å²) >= 11 is 1.58. The van der Waals surface area contributed by atoms with Gasteiger partial charge in [0, 0.05) is 5.56 Å². The lowest BCUT2D eigenvalue weighted by Crippen LogP contribution is -2.22. The van der Waals surface area contributed by atoms with Crippen LogP contribution in [0.2, 0.25) is 0 Å². The number of para-hydroxylation sites is 1. The van der Waals surface area contributed by atoms with Crippen molar-refractivity contribution in [2.45, 2.75) is 6.54 Å². The molecule has 0 atom stereocenters. The van der Waals surface area contributed by atoms with E-state index in [4.69, 9.17) is 0 Å². The Bertz CT molecular complexity index is 962. The van der Waals surface area contributed by atoms with Gasteiger partial charge in [0.05, 0.1) is 22.4 Å². The summed E-state index contributed by atoms with van der Waals surface area (Å²) in [4.78, 5) is 16.9. The first-order valence-electron chi connectivity index (χ1n) is 7.26. The summed E-state index contributed by atoms with van der Waals surface area (Å²) in [5, 5.41) is 14.8. The van der Waals surface area contributed by atoms with Gasteiger partial charge in [0.25, 0.3) is 5.91 Å². The number of tetrazole rings is 1. The lowest BCUT2D eigenvalue weighted by atomic mass is 10.2. The van der Waals surface area contributed by atoms with Gasteiger partial charge in [-0.05, 0) is 40.8 Å². The number of amides is 1. The van der Waals surface area contributed by atoms with Crippen LogP contribution in [0.25, 0.3) is 15.9 Å². The highest BCUT2D eigenvalue weighted by molar-refractivity contribution is 7.18. The number of carbonyl (C=O) groups is 1. The minimum absolute atomic E-state index is 0.163. The monoisotopic (exact) mass is 336 g/mol. The van der Waals surface area contributed by atoms with Crippen molar-refractivity contribution in [2.75, 3.05) is 0 Å². The molecule has 8 heteroatoms. The van der Waals surface area contributed by atoms with Gasteiger partial charge in [-0.2, -0.15) is 0 Å². The van der Waals surface area contributed by atoms with Gasteiger partial charge in [-0.15, -0.1) is 16.4 Å². The van der Waals surface area contributed by atoms with Crippen LogP contribution in [0.1, 0.15) is 15.4 Å². The van der Waals surface area contributed by atoms with Crippen molar-refractivity contribution < 1.29 is 4.79 Å². The molecule has 7 nitrogen and oxygen atoms in total. The highest BCUT2D eigenvalue weighted by atomic mass is 32.1. The summed E-state index contributed by atoms with van der Waals surface area (Å²) < 4.78 is 2.62. The maximum absolute atomic E-state index is 12.4. The molecule has 0 unspecified atom stereocenters. The van der Waals surface area contributed by atoms with Gasteiger partial charge in [-0.3, -0.25) is 4.79 Å². The summed E-state index contributed by atoms with van der Waals surface area (Å²) in [6.45, 7) is 0.396. The van der Waals surface area contributed by atoms with Crippen LogP contribution in [0.5, 0.6) is 0 Å². The van der Waals surface area contributed by atoms with E-state index in [1.54, 1.807) is 29.5 Å². The number of fused-ring (bicyclic) bond motifs is 1. The van der Waals surface area contributed by atoms with Gasteiger partial charge < -0.3 is 5.32 Å². The third-order valence-corrected chi connectivity index (χ3v) is 4.50. The fourth-order valence-electron chi connectivity index (χ4n) is 2.32. The standard InChI is InChI=1S/C16H12N6OS/c23-16(11-4-3-5-12(8-11)22-10-18-20-21-22)17-9-15-19-13-6-1-2-7-14(13)24-15/h1-8,10H,9H2,(H,17,23). The Kier molecular flexibility index (Phi) is 3.72. The second-order valence-electron chi connectivity index (χ2n) is 5.06. The molecule has 0 saturated carbocycles. The molecule has 1 N–H and O–H groups in total. The number of hydrogen-bond donors (Lipinski definition) is 1. The van der Waals surface area contributed by atoms with Crippen molar-refractivity contribution in [1.29, 1.82) is 0 Å². The average Bonchev–Trinajstić information content (AvgIpc) is 3.29. The first-order chi connectivity index (χ1) is 11.8. The van der Waals surface area contributed by atoms with Gasteiger partial charge in [0.15, 0.2) is 0 Å². The average molecular weight is 336 g/mol. The zero-order valence-electron chi connectivity index (χ0n) is 12.5. The molecule has 0 fully saturated rings. The van der Waals surface area contributed by atoms with Crippen LogP contribution in [-0.4, -0.2) is 31.1 Å². The molecule has 0 aliphatic heterocycles. The van der Waals surface area contributed by atoms with Gasteiger partial charge in [-0.25, -0.2) is 9.67 Å². The van der Waals surface area contributed by atoms with Crippen molar-refractivity contribution >= 4 is 27.5 Å². The zero-order chi connectivity index (χ0) is 16.4. The van der Waals surface area contributed by atoms with Gasteiger partial charge >= 0.3 is 0 Å². The fraction of sp³-hybridized carbons (Fsp3) is 0.0625. The second kappa shape index (κ2) is 6.17. The van der Waals surface area contributed by atoms with E-state index in [9.17, 15) is 4.79 Å². The number of thiazole rings is 1. The molecular formula is C16H12N6OS. The Balaban J connectivity index is 1.49. The fourth-order valence-corrected chi connectivity index (χ4v) is 3.23. The van der Waals surface area contributed by atoms with Gasteiger partial charge in [0.2, 0.25) is 0 Å². The van der Waals surface area contributed by atoms with Crippen LogP contribution >= 0.6 is 11.3 Å². The quantitative estimate of drug-likeness (QED) is 0.617. The number of carbonyl (C=O) groups excluding carboxylic acids is 1. The molecule has 1 amide bonds. The van der Waals surface area contributed by atoms with E-state index >= 15 is 0 Å². The third kappa shape index (κ3) is 2.86. The summed E-state index contributed by atoms with van der Waals surface area (Å²) in [5.74, 6) is -0.163. The van der Waals surface area contributed by atoms with Gasteiger partial charge in [-0.1, -0.05) is 18.2 Å². The van der Waals surface area contributed by atoms with E-state index in [0.717, 1.165) is 20.9 Å². The minimum Gasteiger partial charge on any atom is -0.346 e. The molecule has 0 aliphatic carbocycles. The topological polar surface area (TPSA) is 85.6 Å². The van der Waals surface area contributed by atoms with Crippen molar-refractivity contribution in [2.24, 2.45) is 0 Å². The predicted molar refractivity (Wildman–Crippen MR) is 89.9 cm³/mol. The van der Waals surface area contributed by atoms with Crippen LogP contribution in [0.4, 0.5) is 0 Å². The minimum atomic E-state index is -0.163. The molecule has 2 aromatic carbocycles. The first kappa shape index (κ1) is 14.5. The second-order valence-corrected chi connectivity index (χ2v) is 6.18. The largest absolute Gasteiger partial charge is 0.346 e. The highest BCUT2D eigenvalue weighted by Crippen LogP contribution is 2.21. The van der Waals surface area contributed by atoms with E-state index in [1.165, 1.54) is 11.0 Å². The normalized spacial score (nSPS) is 10.8. The Morgan fingerprint density at radius 3 is 2.92 bits per heavy atom. The number of benzene rings is 2. The molecule has 4 aromatic rings. The lowest BCUT2D eigenvalue weighted by molar-refractivity contribution is 0.0951. The molecule has 0 spiro atoms. The summed E-state index contributed by atoms with van der Waals surface area (Å²) in [5.41, 5.74) is 2.23. The van der Waals surface area contributed by atoms with E-state index in [2.05, 4.69) is 25.8 Å². The predicted octanol–water partition coefficient (Wildman–Crippen LogP) is 2.20. The summed E-state index contributed by atoms with van der Waals surface area (Å²) in [7, 11) is 0. The zero-order valence-corrected chi connectivity index (χ0v) is 13.3. The van der Waals surface area contributed by atoms with Crippen molar-refractivity contribution in [1.82, 2.24) is 30.5 Å². The Morgan fingerprint density at radius 1 is 1.17 bits per heavy atom. The molecule has 4 rings (SSSR count). The Hall–Kier alpha value is -3.13. The van der Waals surface area contributed by atoms with E-state index in [-0.39, 0.29) is 5.91 Å². The summed E-state index contributed by atoms with van der Waals surface area (Å²) in [6, 6.07) is 15.0. The smallest absolute Gasteiger partial charge is 0.251 e. The van der Waals surface area contributed by atoms with Crippen molar-refractivity contribution in [3.63, 3.8) is 0 Å². The third-order valence-electron chi connectivity index (χ3n) is 3.46. The molecule has 2 aromatic heterocycles. The van der Waals surface area contributed by atoms with E-state index < -0.39 is 0 Å². The van der Waals surface area contributed by atoms with Crippen molar-refractivity contribution in [3.8, 4) is 5.69 Å². The summed E-state index contributed by atoms with van der Waals surface area (Å²) in [6.07, 6.45) is 1.48. The number of nitrogens with zero attached hydrogens (tertiary/aromatic N) is 5. The molecule has 118 valence electrons. The van der Waals surface area contributed by atoms with E-state index in [1.807, 2.05) is 30.3 Å². The van der Waals surface area contributed by atoms with Crippen LogP contribution in [0.15, 0.2) is 54.9 Å². The highest BCUT2D eigenvalue weighted by Gasteiger charge is 2.09. The molecule has 0 aliphatic rings. The number of rotatable bonds is 4. The molecule has 0 radical (unpaired) electrons. The molecule has 24 heavy (non-hydrogen) atoms. The SMILES string of the molecule is O=C(NCc1nc2ccccc2s1)c1cccc(-n2cnnn2)c1. The molecular weight excluding hydrogens is 324 g/mol. The Labute approximate surface area is 141 Å². The van der Waals surface area contributed by atoms with Crippen molar-refractivity contribution in [3.05, 3.63) is 65.4 Å². The van der Waals surface area contributed by atoms with Crippen LogP contribution in [0.3, 0.4) is 0 Å². The lowest BCUT2D eigenvalue weighted by Gasteiger charge is -2.05.